The van der Waals surface area contributed by atoms with Crippen LogP contribution in [0.15, 0.2) is 52.9 Å². The molecule has 0 aliphatic carbocycles. The molecule has 4 rings (SSSR count). The van der Waals surface area contributed by atoms with Gasteiger partial charge in [-0.2, -0.15) is 0 Å². The topological polar surface area (TPSA) is 77.8 Å². The summed E-state index contributed by atoms with van der Waals surface area (Å²) in [6.45, 7) is 1.99. The van der Waals surface area contributed by atoms with Crippen LogP contribution < -0.4 is 10.1 Å². The number of carbonyl (C=O) groups is 2. The molecule has 0 saturated heterocycles. The maximum atomic E-state index is 12.8. The second-order valence-electron chi connectivity index (χ2n) is 5.97. The lowest BCUT2D eigenvalue weighted by atomic mass is 10.1. The summed E-state index contributed by atoms with van der Waals surface area (Å²) < 4.78 is 17.0. The summed E-state index contributed by atoms with van der Waals surface area (Å²) in [5.41, 5.74) is 0.849. The number of hydrogen-bond donors (Lipinski definition) is 1. The zero-order valence-corrected chi connectivity index (χ0v) is 16.1. The molecular formula is C21H17NO5S. The number of carbonyl (C=O) groups excluding carboxylic acids is 2. The summed E-state index contributed by atoms with van der Waals surface area (Å²) in [4.78, 5) is 25.3. The number of hydrogen-bond acceptors (Lipinski definition) is 6. The van der Waals surface area contributed by atoms with Crippen molar-refractivity contribution >= 4 is 49.3 Å². The zero-order chi connectivity index (χ0) is 19.7. The van der Waals surface area contributed by atoms with Gasteiger partial charge < -0.3 is 19.2 Å². The van der Waals surface area contributed by atoms with E-state index >= 15 is 0 Å². The smallest absolute Gasteiger partial charge is 0.341 e. The maximum absolute atomic E-state index is 12.8. The number of furan rings is 1. The minimum Gasteiger partial charge on any atom is -0.493 e. The monoisotopic (exact) mass is 395 g/mol. The Morgan fingerprint density at radius 1 is 1.14 bits per heavy atom. The Kier molecular flexibility index (Phi) is 4.75. The van der Waals surface area contributed by atoms with E-state index < -0.39 is 11.9 Å². The molecule has 1 amide bonds. The Bertz CT molecular complexity index is 1190. The Hall–Kier alpha value is -3.32. The first-order valence-corrected chi connectivity index (χ1v) is 9.50. The Labute approximate surface area is 164 Å². The van der Waals surface area contributed by atoms with Gasteiger partial charge in [0, 0.05) is 15.5 Å². The standard InChI is InChI=1S/C21H17NO5S/c1-3-26-21(24)17-13-8-4-5-10-16(13)28-20(17)22-19(23)15-11-12-7-6-9-14(25-2)18(12)27-15/h4-11H,3H2,1-2H3,(H,22,23). The van der Waals surface area contributed by atoms with Crippen LogP contribution >= 0.6 is 11.3 Å². The third-order valence-electron chi connectivity index (χ3n) is 4.25. The quantitative estimate of drug-likeness (QED) is 0.477. The number of para-hydroxylation sites is 1. The predicted octanol–water partition coefficient (Wildman–Crippen LogP) is 5.09. The van der Waals surface area contributed by atoms with E-state index in [0.717, 1.165) is 15.5 Å². The SMILES string of the molecule is CCOC(=O)c1c(NC(=O)c2cc3cccc(OC)c3o2)sc2ccccc12. The van der Waals surface area contributed by atoms with E-state index in [4.69, 9.17) is 13.9 Å². The Balaban J connectivity index is 1.73. The molecule has 0 aliphatic rings. The van der Waals surface area contributed by atoms with Crippen molar-refractivity contribution in [2.45, 2.75) is 6.92 Å². The van der Waals surface area contributed by atoms with E-state index in [1.165, 1.54) is 11.3 Å². The molecule has 2 aromatic heterocycles. The molecule has 2 heterocycles. The van der Waals surface area contributed by atoms with Crippen molar-refractivity contribution in [1.82, 2.24) is 0 Å². The lowest BCUT2D eigenvalue weighted by molar-refractivity contribution is 0.0530. The molecule has 0 saturated carbocycles. The van der Waals surface area contributed by atoms with E-state index in [2.05, 4.69) is 5.32 Å². The fraction of sp³-hybridized carbons (Fsp3) is 0.143. The molecule has 28 heavy (non-hydrogen) atoms. The van der Waals surface area contributed by atoms with Crippen LogP contribution in [0.5, 0.6) is 5.75 Å². The highest BCUT2D eigenvalue weighted by Crippen LogP contribution is 2.37. The predicted molar refractivity (Wildman–Crippen MR) is 109 cm³/mol. The number of fused-ring (bicyclic) bond motifs is 2. The molecule has 0 bridgehead atoms. The van der Waals surface area contributed by atoms with E-state index in [-0.39, 0.29) is 12.4 Å². The van der Waals surface area contributed by atoms with Crippen molar-refractivity contribution in [3.8, 4) is 5.75 Å². The van der Waals surface area contributed by atoms with Gasteiger partial charge in [0.1, 0.15) is 10.6 Å². The second kappa shape index (κ2) is 7.36. The van der Waals surface area contributed by atoms with Crippen molar-refractivity contribution in [2.75, 3.05) is 19.0 Å². The molecule has 0 spiro atoms. The number of benzene rings is 2. The van der Waals surface area contributed by atoms with E-state index in [9.17, 15) is 9.59 Å². The molecule has 4 aromatic rings. The van der Waals surface area contributed by atoms with Crippen molar-refractivity contribution in [2.24, 2.45) is 0 Å². The minimum absolute atomic E-state index is 0.131. The molecule has 2 aromatic carbocycles. The molecular weight excluding hydrogens is 378 g/mol. The van der Waals surface area contributed by atoms with Crippen LogP contribution in [0.4, 0.5) is 5.00 Å². The average molecular weight is 395 g/mol. The van der Waals surface area contributed by atoms with Crippen LogP contribution in [0.2, 0.25) is 0 Å². The van der Waals surface area contributed by atoms with Gasteiger partial charge in [-0.1, -0.05) is 30.3 Å². The molecule has 0 unspecified atom stereocenters. The first-order valence-electron chi connectivity index (χ1n) is 8.69. The summed E-state index contributed by atoms with van der Waals surface area (Å²) in [6, 6.07) is 14.5. The summed E-state index contributed by atoms with van der Waals surface area (Å²) in [6.07, 6.45) is 0. The maximum Gasteiger partial charge on any atom is 0.341 e. The van der Waals surface area contributed by atoms with Crippen molar-refractivity contribution in [1.29, 1.82) is 0 Å². The van der Waals surface area contributed by atoms with Gasteiger partial charge in [0.15, 0.2) is 17.1 Å². The number of esters is 1. The molecule has 0 aliphatic heterocycles. The average Bonchev–Trinajstić information content (AvgIpc) is 3.29. The van der Waals surface area contributed by atoms with E-state index in [1.807, 2.05) is 36.4 Å². The highest BCUT2D eigenvalue weighted by Gasteiger charge is 2.23. The number of amides is 1. The highest BCUT2D eigenvalue weighted by atomic mass is 32.1. The van der Waals surface area contributed by atoms with Crippen LogP contribution in [0.25, 0.3) is 21.1 Å². The summed E-state index contributed by atoms with van der Waals surface area (Å²) in [5.74, 6) is -0.241. The summed E-state index contributed by atoms with van der Waals surface area (Å²) >= 11 is 1.32. The molecule has 0 radical (unpaired) electrons. The van der Waals surface area contributed by atoms with Gasteiger partial charge in [0.2, 0.25) is 0 Å². The first-order chi connectivity index (χ1) is 13.6. The number of thiophene rings is 1. The molecule has 1 N–H and O–H groups in total. The molecule has 0 fully saturated rings. The second-order valence-corrected chi connectivity index (χ2v) is 7.02. The van der Waals surface area contributed by atoms with E-state index in [0.29, 0.717) is 21.9 Å². The van der Waals surface area contributed by atoms with Gasteiger partial charge in [-0.15, -0.1) is 11.3 Å². The van der Waals surface area contributed by atoms with Gasteiger partial charge in [-0.3, -0.25) is 4.79 Å². The van der Waals surface area contributed by atoms with Crippen LogP contribution in [0.3, 0.4) is 0 Å². The van der Waals surface area contributed by atoms with Crippen LogP contribution in [0.1, 0.15) is 27.8 Å². The van der Waals surface area contributed by atoms with Crippen LogP contribution in [0, 0.1) is 0 Å². The molecule has 6 nitrogen and oxygen atoms in total. The number of methoxy groups -OCH3 is 1. The lowest BCUT2D eigenvalue weighted by Gasteiger charge is -2.05. The Morgan fingerprint density at radius 2 is 1.96 bits per heavy atom. The van der Waals surface area contributed by atoms with Crippen LogP contribution in [-0.2, 0) is 4.74 Å². The zero-order valence-electron chi connectivity index (χ0n) is 15.3. The molecule has 7 heteroatoms. The third kappa shape index (κ3) is 3.10. The van der Waals surface area contributed by atoms with Crippen LogP contribution in [-0.4, -0.2) is 25.6 Å². The summed E-state index contributed by atoms with van der Waals surface area (Å²) in [5, 5.41) is 4.73. The number of ether oxygens (including phenoxy) is 2. The number of nitrogens with one attached hydrogen (secondary N) is 1. The minimum atomic E-state index is -0.471. The summed E-state index contributed by atoms with van der Waals surface area (Å²) in [7, 11) is 1.54. The van der Waals surface area contributed by atoms with Crippen molar-refractivity contribution in [3.05, 3.63) is 59.9 Å². The number of anilines is 1. The van der Waals surface area contributed by atoms with Gasteiger partial charge in [-0.25, -0.2) is 4.79 Å². The van der Waals surface area contributed by atoms with Gasteiger partial charge in [0.25, 0.3) is 5.91 Å². The fourth-order valence-electron chi connectivity index (χ4n) is 3.01. The van der Waals surface area contributed by atoms with Crippen molar-refractivity contribution in [3.63, 3.8) is 0 Å². The molecule has 0 atom stereocenters. The van der Waals surface area contributed by atoms with Gasteiger partial charge in [-0.05, 0) is 25.1 Å². The van der Waals surface area contributed by atoms with Gasteiger partial charge >= 0.3 is 5.97 Å². The van der Waals surface area contributed by atoms with E-state index in [1.54, 1.807) is 26.2 Å². The fourth-order valence-corrected chi connectivity index (χ4v) is 4.10. The number of rotatable bonds is 5. The largest absolute Gasteiger partial charge is 0.493 e. The third-order valence-corrected chi connectivity index (χ3v) is 5.34. The lowest BCUT2D eigenvalue weighted by Crippen LogP contribution is -2.13. The van der Waals surface area contributed by atoms with Crippen molar-refractivity contribution < 1.29 is 23.5 Å². The normalized spacial score (nSPS) is 10.9. The first kappa shape index (κ1) is 18.1. The molecule has 142 valence electrons. The Morgan fingerprint density at radius 3 is 2.75 bits per heavy atom. The van der Waals surface area contributed by atoms with Gasteiger partial charge in [0.05, 0.1) is 13.7 Å². The highest BCUT2D eigenvalue weighted by molar-refractivity contribution is 7.23.